The summed E-state index contributed by atoms with van der Waals surface area (Å²) in [6.07, 6.45) is 6.13. The zero-order valence-electron chi connectivity index (χ0n) is 15.1. The number of rotatable bonds is 3. The smallest absolute Gasteiger partial charge is 0.165 e. The first-order chi connectivity index (χ1) is 11.6. The first-order valence-corrected chi connectivity index (χ1v) is 9.33. The molecule has 2 aliphatic carbocycles. The van der Waals surface area contributed by atoms with Crippen LogP contribution in [0.2, 0.25) is 0 Å². The second-order valence-corrected chi connectivity index (χ2v) is 7.73. The fourth-order valence-corrected chi connectivity index (χ4v) is 5.74. The number of nitrogens with zero attached hydrogens (tertiary/aromatic N) is 1. The van der Waals surface area contributed by atoms with Crippen LogP contribution in [0, 0.1) is 0 Å². The van der Waals surface area contributed by atoms with Crippen molar-refractivity contribution in [3.05, 3.63) is 23.3 Å². The number of ether oxygens (including phenoxy) is 2. The van der Waals surface area contributed by atoms with E-state index in [1.54, 1.807) is 7.11 Å². The van der Waals surface area contributed by atoms with E-state index in [0.717, 1.165) is 50.1 Å². The average molecular weight is 331 g/mol. The van der Waals surface area contributed by atoms with E-state index in [0.29, 0.717) is 6.61 Å². The van der Waals surface area contributed by atoms with Crippen LogP contribution in [0.15, 0.2) is 12.1 Å². The molecule has 1 aromatic carbocycles. The van der Waals surface area contributed by atoms with Crippen molar-refractivity contribution in [2.24, 2.45) is 0 Å². The summed E-state index contributed by atoms with van der Waals surface area (Å²) in [6.45, 7) is 3.67. The number of likely N-dealkylation sites (N-methyl/N-ethyl adjacent to an activating group) is 1. The SMILES string of the molecule is CCOc1c(OC)ccc2c1[C@@]13CCCC[C@@]1(O)[C@H](C2)N(C)CC3. The minimum atomic E-state index is -0.649. The molecule has 0 spiro atoms. The Hall–Kier alpha value is -1.26. The molecule has 4 nitrogen and oxygen atoms in total. The van der Waals surface area contributed by atoms with Gasteiger partial charge in [-0.15, -0.1) is 0 Å². The molecule has 2 bridgehead atoms. The Morgan fingerprint density at radius 3 is 2.79 bits per heavy atom. The summed E-state index contributed by atoms with van der Waals surface area (Å²) in [5.74, 6) is 1.68. The molecule has 1 aliphatic heterocycles. The maximum atomic E-state index is 11.9. The number of likely N-dealkylation sites (tertiary alicyclic amines) is 1. The first kappa shape index (κ1) is 16.2. The molecule has 4 rings (SSSR count). The molecule has 0 amide bonds. The summed E-state index contributed by atoms with van der Waals surface area (Å²) < 4.78 is 11.7. The van der Waals surface area contributed by atoms with Gasteiger partial charge in [-0.25, -0.2) is 0 Å². The van der Waals surface area contributed by atoms with Crippen LogP contribution in [-0.2, 0) is 11.8 Å². The van der Waals surface area contributed by atoms with Crippen molar-refractivity contribution < 1.29 is 14.6 Å². The maximum absolute atomic E-state index is 11.9. The van der Waals surface area contributed by atoms with Crippen molar-refractivity contribution >= 4 is 0 Å². The van der Waals surface area contributed by atoms with E-state index in [1.807, 2.05) is 13.0 Å². The topological polar surface area (TPSA) is 41.9 Å². The Labute approximate surface area is 144 Å². The third kappa shape index (κ3) is 1.93. The summed E-state index contributed by atoms with van der Waals surface area (Å²) in [6, 6.07) is 4.43. The highest BCUT2D eigenvalue weighted by atomic mass is 16.5. The quantitative estimate of drug-likeness (QED) is 0.925. The van der Waals surface area contributed by atoms with Crippen LogP contribution >= 0.6 is 0 Å². The Balaban J connectivity index is 1.98. The van der Waals surface area contributed by atoms with Crippen LogP contribution < -0.4 is 9.47 Å². The largest absolute Gasteiger partial charge is 0.493 e. The molecule has 1 saturated carbocycles. The normalized spacial score (nSPS) is 35.1. The summed E-state index contributed by atoms with van der Waals surface area (Å²) in [5.41, 5.74) is 1.75. The van der Waals surface area contributed by atoms with Crippen LogP contribution in [0.1, 0.15) is 50.2 Å². The van der Waals surface area contributed by atoms with E-state index in [9.17, 15) is 5.11 Å². The molecule has 3 atom stereocenters. The number of methoxy groups -OCH3 is 1. The van der Waals surface area contributed by atoms with Crippen LogP contribution in [0.5, 0.6) is 11.5 Å². The van der Waals surface area contributed by atoms with Gasteiger partial charge in [-0.2, -0.15) is 0 Å². The molecule has 1 N–H and O–H groups in total. The first-order valence-electron chi connectivity index (χ1n) is 9.33. The molecule has 1 saturated heterocycles. The number of fused-ring (bicyclic) bond motifs is 1. The molecule has 1 heterocycles. The van der Waals surface area contributed by atoms with Crippen molar-refractivity contribution in [1.82, 2.24) is 4.90 Å². The molecule has 24 heavy (non-hydrogen) atoms. The number of benzene rings is 1. The number of aliphatic hydroxyl groups is 1. The van der Waals surface area contributed by atoms with Crippen molar-refractivity contribution in [2.75, 3.05) is 27.3 Å². The second-order valence-electron chi connectivity index (χ2n) is 7.73. The van der Waals surface area contributed by atoms with Crippen molar-refractivity contribution in [2.45, 2.75) is 62.5 Å². The summed E-state index contributed by atoms with van der Waals surface area (Å²) in [4.78, 5) is 2.37. The highest BCUT2D eigenvalue weighted by Crippen LogP contribution is 2.61. The van der Waals surface area contributed by atoms with Crippen LogP contribution in [0.4, 0.5) is 0 Å². The van der Waals surface area contributed by atoms with E-state index >= 15 is 0 Å². The van der Waals surface area contributed by atoms with Crippen LogP contribution in [-0.4, -0.2) is 49.0 Å². The van der Waals surface area contributed by atoms with Crippen molar-refractivity contribution in [1.29, 1.82) is 0 Å². The van der Waals surface area contributed by atoms with Gasteiger partial charge in [-0.05, 0) is 57.8 Å². The fraction of sp³-hybridized carbons (Fsp3) is 0.700. The van der Waals surface area contributed by atoms with Gasteiger partial charge < -0.3 is 19.5 Å². The third-order valence-corrected chi connectivity index (χ3v) is 6.82. The van der Waals surface area contributed by atoms with Gasteiger partial charge in [-0.3, -0.25) is 0 Å². The Morgan fingerprint density at radius 2 is 2.04 bits per heavy atom. The van der Waals surface area contributed by atoms with Gasteiger partial charge in [0, 0.05) is 17.0 Å². The predicted molar refractivity (Wildman–Crippen MR) is 94.0 cm³/mol. The molecular weight excluding hydrogens is 302 g/mol. The summed E-state index contributed by atoms with van der Waals surface area (Å²) >= 11 is 0. The minimum absolute atomic E-state index is 0.185. The van der Waals surface area contributed by atoms with Gasteiger partial charge >= 0.3 is 0 Å². The summed E-state index contributed by atoms with van der Waals surface area (Å²) in [7, 11) is 3.87. The maximum Gasteiger partial charge on any atom is 0.165 e. The van der Waals surface area contributed by atoms with E-state index < -0.39 is 5.60 Å². The Morgan fingerprint density at radius 1 is 1.25 bits per heavy atom. The van der Waals surface area contributed by atoms with Crippen LogP contribution in [0.3, 0.4) is 0 Å². The molecule has 132 valence electrons. The fourth-order valence-electron chi connectivity index (χ4n) is 5.74. The van der Waals surface area contributed by atoms with Crippen molar-refractivity contribution in [3.8, 4) is 11.5 Å². The standard InChI is InChI=1S/C20H29NO3/c1-4-24-18-15(23-3)8-7-14-13-16-20(22)10-6-5-9-19(20,17(14)18)11-12-21(16)2/h7-8,16,22H,4-6,9-13H2,1-3H3/t16-,19-,20+/m0/s1. The molecule has 0 aromatic heterocycles. The third-order valence-electron chi connectivity index (χ3n) is 6.82. The number of piperidine rings is 1. The Bertz CT molecular complexity index is 646. The van der Waals surface area contributed by atoms with Gasteiger partial charge in [-0.1, -0.05) is 18.9 Å². The van der Waals surface area contributed by atoms with Gasteiger partial charge in [0.15, 0.2) is 11.5 Å². The van der Waals surface area contributed by atoms with E-state index in [1.165, 1.54) is 17.5 Å². The lowest BCUT2D eigenvalue weighted by Gasteiger charge is -2.63. The van der Waals surface area contributed by atoms with E-state index in [2.05, 4.69) is 18.0 Å². The van der Waals surface area contributed by atoms with E-state index in [-0.39, 0.29) is 11.5 Å². The van der Waals surface area contributed by atoms with Crippen molar-refractivity contribution in [3.63, 3.8) is 0 Å². The highest BCUT2D eigenvalue weighted by Gasteiger charge is 2.63. The molecule has 0 radical (unpaired) electrons. The van der Waals surface area contributed by atoms with Gasteiger partial charge in [0.2, 0.25) is 0 Å². The van der Waals surface area contributed by atoms with Crippen LogP contribution in [0.25, 0.3) is 0 Å². The van der Waals surface area contributed by atoms with E-state index in [4.69, 9.17) is 9.47 Å². The lowest BCUT2D eigenvalue weighted by molar-refractivity contribution is -0.161. The molecule has 1 aromatic rings. The lowest BCUT2D eigenvalue weighted by Crippen LogP contribution is -2.71. The molecule has 3 aliphatic rings. The number of hydrogen-bond donors (Lipinski definition) is 1. The predicted octanol–water partition coefficient (Wildman–Crippen LogP) is 2.90. The minimum Gasteiger partial charge on any atom is -0.493 e. The Kier molecular flexibility index (Phi) is 3.81. The summed E-state index contributed by atoms with van der Waals surface area (Å²) in [5, 5.41) is 11.9. The molecule has 2 fully saturated rings. The molecule has 4 heteroatoms. The molecular formula is C20H29NO3. The highest BCUT2D eigenvalue weighted by molar-refractivity contribution is 5.58. The molecule has 0 unspecified atom stereocenters. The monoisotopic (exact) mass is 331 g/mol. The average Bonchev–Trinajstić information content (AvgIpc) is 2.58. The zero-order valence-corrected chi connectivity index (χ0v) is 15.1. The zero-order chi connectivity index (χ0) is 16.9. The van der Waals surface area contributed by atoms with Gasteiger partial charge in [0.1, 0.15) is 0 Å². The lowest BCUT2D eigenvalue weighted by atomic mass is 9.49. The number of hydrogen-bond acceptors (Lipinski definition) is 4. The van der Waals surface area contributed by atoms with Gasteiger partial charge in [0.05, 0.1) is 19.3 Å². The van der Waals surface area contributed by atoms with Gasteiger partial charge in [0.25, 0.3) is 0 Å². The second kappa shape index (κ2) is 5.63.